The first kappa shape index (κ1) is 12.2. The highest BCUT2D eigenvalue weighted by molar-refractivity contribution is 6.81. The fraction of sp³-hybridized carbons (Fsp3) is 0.583. The van der Waals surface area contributed by atoms with Crippen molar-refractivity contribution in [3.05, 3.63) is 23.8 Å². The zero-order valence-electron chi connectivity index (χ0n) is 10.3. The van der Waals surface area contributed by atoms with Gasteiger partial charge in [-0.3, -0.25) is 0 Å². The molecule has 0 spiro atoms. The summed E-state index contributed by atoms with van der Waals surface area (Å²) < 4.78 is 5.26. The molecule has 0 aliphatic heterocycles. The van der Waals surface area contributed by atoms with Crippen LogP contribution in [0.15, 0.2) is 23.8 Å². The van der Waals surface area contributed by atoms with E-state index in [1.807, 2.05) is 13.8 Å². The molecule has 0 atom stereocenters. The Morgan fingerprint density at radius 1 is 1.33 bits per heavy atom. The summed E-state index contributed by atoms with van der Waals surface area (Å²) in [5.74, 6) is -0.221. The van der Waals surface area contributed by atoms with Crippen LogP contribution < -0.4 is 0 Å². The molecule has 2 nitrogen and oxygen atoms in total. The highest BCUT2D eigenvalue weighted by Gasteiger charge is 2.47. The summed E-state index contributed by atoms with van der Waals surface area (Å²) >= 11 is 0. The van der Waals surface area contributed by atoms with Crippen molar-refractivity contribution in [1.82, 2.24) is 0 Å². The molecule has 1 aliphatic carbocycles. The zero-order chi connectivity index (χ0) is 11.7. The fourth-order valence-electron chi connectivity index (χ4n) is 1.38. The molecule has 15 heavy (non-hydrogen) atoms. The quantitative estimate of drug-likeness (QED) is 0.317. The van der Waals surface area contributed by atoms with Gasteiger partial charge in [0, 0.05) is 11.1 Å². The predicted octanol–water partition coefficient (Wildman–Crippen LogP) is 3.14. The van der Waals surface area contributed by atoms with Gasteiger partial charge in [-0.15, -0.1) is 0 Å². The molecule has 0 amide bonds. The Kier molecular flexibility index (Phi) is 3.24. The first-order chi connectivity index (χ1) is 6.77. The monoisotopic (exact) mass is 224 g/mol. The summed E-state index contributed by atoms with van der Waals surface area (Å²) in [6.45, 7) is 11.2. The Bertz CT molecular complexity index is 311. The Morgan fingerprint density at radius 3 is 2.20 bits per heavy atom. The van der Waals surface area contributed by atoms with Crippen LogP contribution in [-0.2, 0) is 9.53 Å². The van der Waals surface area contributed by atoms with Gasteiger partial charge in [-0.25, -0.2) is 4.79 Å². The van der Waals surface area contributed by atoms with Crippen LogP contribution in [0.4, 0.5) is 0 Å². The van der Waals surface area contributed by atoms with E-state index in [0.717, 1.165) is 5.57 Å². The Hall–Kier alpha value is -0.833. The molecule has 0 bridgehead atoms. The Labute approximate surface area is 93.0 Å². The lowest BCUT2D eigenvalue weighted by Crippen LogP contribution is -2.34. The molecule has 1 rings (SSSR count). The van der Waals surface area contributed by atoms with E-state index in [-0.39, 0.29) is 11.0 Å². The molecule has 0 heterocycles. The minimum Gasteiger partial charge on any atom is -0.462 e. The number of hydrogen-bond donors (Lipinski definition) is 0. The SMILES string of the molecule is CC(C)=CC(=O)OCC1([Si](C)(C)C)C=C1. The van der Waals surface area contributed by atoms with Gasteiger partial charge in [0.1, 0.15) is 6.61 Å². The molecule has 0 fully saturated rings. The second-order valence-corrected chi connectivity index (χ2v) is 10.9. The maximum absolute atomic E-state index is 11.3. The number of ether oxygens (including phenoxy) is 1. The number of esters is 1. The summed E-state index contributed by atoms with van der Waals surface area (Å²) in [4.78, 5) is 11.3. The summed E-state index contributed by atoms with van der Waals surface area (Å²) in [6, 6.07) is 0. The molecule has 0 radical (unpaired) electrons. The number of allylic oxidation sites excluding steroid dienone is 1. The van der Waals surface area contributed by atoms with Crippen molar-refractivity contribution >= 4 is 14.0 Å². The molecular formula is C12H20O2Si. The van der Waals surface area contributed by atoms with Crippen molar-refractivity contribution in [3.63, 3.8) is 0 Å². The fourth-order valence-corrected chi connectivity index (χ4v) is 2.97. The van der Waals surface area contributed by atoms with Crippen LogP contribution >= 0.6 is 0 Å². The number of rotatable bonds is 4. The van der Waals surface area contributed by atoms with Crippen LogP contribution in [0.5, 0.6) is 0 Å². The largest absolute Gasteiger partial charge is 0.462 e. The van der Waals surface area contributed by atoms with Crippen molar-refractivity contribution in [3.8, 4) is 0 Å². The third kappa shape index (κ3) is 3.06. The van der Waals surface area contributed by atoms with E-state index in [9.17, 15) is 4.79 Å². The summed E-state index contributed by atoms with van der Waals surface area (Å²) in [5, 5.41) is 0.123. The minimum absolute atomic E-state index is 0.123. The lowest BCUT2D eigenvalue weighted by atomic mass is 10.3. The average Bonchev–Trinajstić information content (AvgIpc) is 2.78. The van der Waals surface area contributed by atoms with E-state index in [1.54, 1.807) is 6.08 Å². The van der Waals surface area contributed by atoms with Gasteiger partial charge in [0.15, 0.2) is 0 Å². The second-order valence-electron chi connectivity index (χ2n) is 5.45. The topological polar surface area (TPSA) is 26.3 Å². The van der Waals surface area contributed by atoms with Crippen LogP contribution in [-0.4, -0.2) is 20.7 Å². The molecule has 0 saturated heterocycles. The van der Waals surface area contributed by atoms with E-state index < -0.39 is 8.07 Å². The molecule has 1 aliphatic rings. The molecule has 0 aromatic carbocycles. The standard InChI is InChI=1S/C12H20O2Si/c1-10(2)8-11(13)14-9-12(6-7-12)15(3,4)5/h6-8H,9H2,1-5H3. The van der Waals surface area contributed by atoms with Crippen molar-refractivity contribution in [2.45, 2.75) is 38.5 Å². The van der Waals surface area contributed by atoms with Gasteiger partial charge in [-0.1, -0.05) is 37.4 Å². The van der Waals surface area contributed by atoms with Gasteiger partial charge < -0.3 is 4.74 Å². The van der Waals surface area contributed by atoms with Gasteiger partial charge in [-0.2, -0.15) is 0 Å². The first-order valence-electron chi connectivity index (χ1n) is 5.29. The lowest BCUT2D eigenvalue weighted by Gasteiger charge is -2.28. The third-order valence-electron chi connectivity index (χ3n) is 2.83. The smallest absolute Gasteiger partial charge is 0.330 e. The molecule has 0 saturated carbocycles. The van der Waals surface area contributed by atoms with Gasteiger partial charge in [0.05, 0.1) is 8.07 Å². The highest BCUT2D eigenvalue weighted by Crippen LogP contribution is 2.51. The van der Waals surface area contributed by atoms with Gasteiger partial charge in [0.2, 0.25) is 0 Å². The normalized spacial score (nSPS) is 17.1. The van der Waals surface area contributed by atoms with Crippen LogP contribution in [0.2, 0.25) is 24.7 Å². The maximum Gasteiger partial charge on any atom is 0.330 e. The molecule has 0 N–H and O–H groups in total. The van der Waals surface area contributed by atoms with Gasteiger partial charge in [0.25, 0.3) is 0 Å². The van der Waals surface area contributed by atoms with Gasteiger partial charge in [-0.05, 0) is 13.8 Å². The van der Waals surface area contributed by atoms with Crippen LogP contribution in [0.3, 0.4) is 0 Å². The summed E-state index contributed by atoms with van der Waals surface area (Å²) in [6.07, 6.45) is 5.89. The third-order valence-corrected chi connectivity index (χ3v) is 6.10. The molecular weight excluding hydrogens is 204 g/mol. The second kappa shape index (κ2) is 3.97. The molecule has 84 valence electrons. The molecule has 0 aromatic heterocycles. The first-order valence-corrected chi connectivity index (χ1v) is 8.79. The molecule has 3 heteroatoms. The van der Waals surface area contributed by atoms with Crippen molar-refractivity contribution in [1.29, 1.82) is 0 Å². The zero-order valence-corrected chi connectivity index (χ0v) is 11.3. The highest BCUT2D eigenvalue weighted by atomic mass is 28.3. The number of carbonyl (C=O) groups is 1. The average molecular weight is 224 g/mol. The number of hydrogen-bond acceptors (Lipinski definition) is 2. The van der Waals surface area contributed by atoms with Crippen LogP contribution in [0, 0.1) is 0 Å². The maximum atomic E-state index is 11.3. The summed E-state index contributed by atoms with van der Waals surface area (Å²) in [5.41, 5.74) is 0.978. The van der Waals surface area contributed by atoms with E-state index in [1.165, 1.54) is 0 Å². The van der Waals surface area contributed by atoms with E-state index >= 15 is 0 Å². The van der Waals surface area contributed by atoms with Crippen molar-refractivity contribution in [2.24, 2.45) is 0 Å². The van der Waals surface area contributed by atoms with Crippen LogP contribution in [0.25, 0.3) is 0 Å². The summed E-state index contributed by atoms with van der Waals surface area (Å²) in [7, 11) is -1.29. The Balaban J connectivity index is 2.45. The van der Waals surface area contributed by atoms with E-state index in [0.29, 0.717) is 6.61 Å². The molecule has 0 unspecified atom stereocenters. The van der Waals surface area contributed by atoms with Gasteiger partial charge >= 0.3 is 5.97 Å². The minimum atomic E-state index is -1.29. The van der Waals surface area contributed by atoms with E-state index in [2.05, 4.69) is 31.8 Å². The van der Waals surface area contributed by atoms with Crippen LogP contribution in [0.1, 0.15) is 13.8 Å². The number of carbonyl (C=O) groups excluding carboxylic acids is 1. The van der Waals surface area contributed by atoms with Crippen molar-refractivity contribution in [2.75, 3.05) is 6.61 Å². The lowest BCUT2D eigenvalue weighted by molar-refractivity contribution is -0.137. The molecule has 0 aromatic rings. The van der Waals surface area contributed by atoms with Crippen molar-refractivity contribution < 1.29 is 9.53 Å². The van der Waals surface area contributed by atoms with E-state index in [4.69, 9.17) is 4.74 Å². The Morgan fingerprint density at radius 2 is 1.87 bits per heavy atom. The predicted molar refractivity (Wildman–Crippen MR) is 65.6 cm³/mol.